The molecule has 0 bridgehead atoms. The van der Waals surface area contributed by atoms with Crippen molar-refractivity contribution in [3.05, 3.63) is 44.7 Å². The molecule has 0 radical (unpaired) electrons. The molecule has 0 saturated heterocycles. The molecule has 0 aromatic carbocycles. The maximum Gasteiger partial charge on any atom is 0.343 e. The minimum atomic E-state index is -1.12. The average Bonchev–Trinajstić information content (AvgIpc) is 2.74. The molecule has 11 nitrogen and oxygen atoms in total. The van der Waals surface area contributed by atoms with Crippen LogP contribution in [0.4, 0.5) is 0 Å². The largest absolute Gasteiger partial charge is 0.494 e. The lowest BCUT2D eigenvalue weighted by Gasteiger charge is -2.16. The number of ether oxygens (including phenoxy) is 4. The Kier molecular flexibility index (Phi) is 7.94. The molecule has 1 N–H and O–H groups in total. The van der Waals surface area contributed by atoms with E-state index in [4.69, 9.17) is 18.9 Å². The second kappa shape index (κ2) is 10.4. The third kappa shape index (κ3) is 4.56. The van der Waals surface area contributed by atoms with Crippen molar-refractivity contribution in [3.63, 3.8) is 0 Å². The molecule has 2 aromatic rings. The van der Waals surface area contributed by atoms with Crippen LogP contribution in [0.5, 0.6) is 5.88 Å². The van der Waals surface area contributed by atoms with Gasteiger partial charge < -0.3 is 24.1 Å². The zero-order chi connectivity index (χ0) is 24.0. The average molecular weight is 449 g/mol. The number of esters is 4. The zero-order valence-corrected chi connectivity index (χ0v) is 18.1. The van der Waals surface area contributed by atoms with Gasteiger partial charge in [0.25, 0.3) is 5.56 Å². The van der Waals surface area contributed by atoms with E-state index in [1.807, 2.05) is 0 Å². The van der Waals surface area contributed by atoms with Crippen LogP contribution in [0.25, 0.3) is 5.52 Å². The van der Waals surface area contributed by atoms with Gasteiger partial charge in [-0.3, -0.25) is 4.79 Å². The Morgan fingerprint density at radius 1 is 0.688 bits per heavy atom. The predicted molar refractivity (Wildman–Crippen MR) is 109 cm³/mol. The minimum Gasteiger partial charge on any atom is -0.494 e. The van der Waals surface area contributed by atoms with Crippen molar-refractivity contribution in [1.29, 1.82) is 0 Å². The molecule has 0 spiro atoms. The molecule has 11 heteroatoms. The van der Waals surface area contributed by atoms with Gasteiger partial charge in [-0.15, -0.1) is 0 Å². The van der Waals surface area contributed by atoms with Crippen molar-refractivity contribution < 1.29 is 43.2 Å². The van der Waals surface area contributed by atoms with Gasteiger partial charge in [0.1, 0.15) is 11.1 Å². The zero-order valence-electron chi connectivity index (χ0n) is 18.1. The van der Waals surface area contributed by atoms with Gasteiger partial charge in [-0.2, -0.15) is 0 Å². The number of hydrogen-bond acceptors (Lipinski definition) is 10. The van der Waals surface area contributed by atoms with Crippen LogP contribution in [0, 0.1) is 0 Å². The second-order valence-corrected chi connectivity index (χ2v) is 6.14. The molecule has 2 heterocycles. The van der Waals surface area contributed by atoms with Gasteiger partial charge in [0.15, 0.2) is 0 Å². The number of aromatic nitrogens is 1. The van der Waals surface area contributed by atoms with Crippen molar-refractivity contribution >= 4 is 29.4 Å². The molecule has 0 aliphatic rings. The van der Waals surface area contributed by atoms with Crippen LogP contribution >= 0.6 is 0 Å². The summed E-state index contributed by atoms with van der Waals surface area (Å²) in [6, 6.07) is 1.87. The molecule has 0 unspecified atom stereocenters. The summed E-state index contributed by atoms with van der Waals surface area (Å²) in [5.41, 5.74) is -3.45. The molecule has 32 heavy (non-hydrogen) atoms. The lowest BCUT2D eigenvalue weighted by Crippen LogP contribution is -2.28. The number of carbonyl (C=O) groups excluding carboxylic acids is 4. The molecule has 0 saturated carbocycles. The van der Waals surface area contributed by atoms with Crippen LogP contribution in [0.15, 0.2) is 16.9 Å². The molecule has 0 aliphatic carbocycles. The van der Waals surface area contributed by atoms with E-state index in [1.165, 1.54) is 27.7 Å². The molecular weight excluding hydrogens is 426 g/mol. The van der Waals surface area contributed by atoms with E-state index in [-0.39, 0.29) is 37.6 Å². The van der Waals surface area contributed by atoms with Crippen LogP contribution in [0.2, 0.25) is 0 Å². The standard InChI is InChI=1S/C21H23NO10/c1-5-29-18(25)11-9-13(20(27)31-7-3)16(23)22-15(11)12(19(26)30-6-2)10-14(17(22)24)21(28)32-8-4/h9-10,23H,5-8H2,1-4H3. The highest BCUT2D eigenvalue weighted by molar-refractivity contribution is 6.09. The van der Waals surface area contributed by atoms with E-state index >= 15 is 0 Å². The fourth-order valence-corrected chi connectivity index (χ4v) is 2.93. The number of fused-ring (bicyclic) bond motifs is 1. The number of hydrogen-bond donors (Lipinski definition) is 1. The Morgan fingerprint density at radius 2 is 1.03 bits per heavy atom. The summed E-state index contributed by atoms with van der Waals surface area (Å²) in [6.07, 6.45) is 0. The van der Waals surface area contributed by atoms with Gasteiger partial charge in [-0.25, -0.2) is 23.6 Å². The summed E-state index contributed by atoms with van der Waals surface area (Å²) in [5.74, 6) is -5.01. The summed E-state index contributed by atoms with van der Waals surface area (Å²) in [7, 11) is 0. The van der Waals surface area contributed by atoms with E-state index < -0.39 is 52.0 Å². The first kappa shape index (κ1) is 24.4. The minimum absolute atomic E-state index is 0.0551. The maximum atomic E-state index is 13.1. The van der Waals surface area contributed by atoms with Gasteiger partial charge in [-0.1, -0.05) is 0 Å². The highest BCUT2D eigenvalue weighted by Gasteiger charge is 2.30. The highest BCUT2D eigenvalue weighted by atomic mass is 16.5. The normalized spacial score (nSPS) is 10.5. The summed E-state index contributed by atoms with van der Waals surface area (Å²) < 4.78 is 20.2. The predicted octanol–water partition coefficient (Wildman–Crippen LogP) is 1.71. The van der Waals surface area contributed by atoms with Crippen LogP contribution in [-0.2, 0) is 18.9 Å². The summed E-state index contributed by atoms with van der Waals surface area (Å²) in [5, 5.41) is 10.7. The van der Waals surface area contributed by atoms with Gasteiger partial charge in [-0.05, 0) is 39.8 Å². The third-order valence-corrected chi connectivity index (χ3v) is 4.18. The monoisotopic (exact) mass is 449 g/mol. The molecule has 2 aromatic heterocycles. The second-order valence-electron chi connectivity index (χ2n) is 6.14. The van der Waals surface area contributed by atoms with Gasteiger partial charge in [0.2, 0.25) is 5.88 Å². The Morgan fingerprint density at radius 3 is 1.44 bits per heavy atom. The lowest BCUT2D eigenvalue weighted by molar-refractivity contribution is 0.0510. The quantitative estimate of drug-likeness (QED) is 0.466. The smallest absolute Gasteiger partial charge is 0.343 e. The van der Waals surface area contributed by atoms with E-state index in [2.05, 4.69) is 0 Å². The van der Waals surface area contributed by atoms with Crippen molar-refractivity contribution in [1.82, 2.24) is 4.40 Å². The molecule has 0 amide bonds. The Balaban J connectivity index is 3.10. The van der Waals surface area contributed by atoms with Crippen molar-refractivity contribution in [2.24, 2.45) is 0 Å². The van der Waals surface area contributed by atoms with E-state index in [0.717, 1.165) is 12.1 Å². The Bertz CT molecular complexity index is 1110. The number of nitrogens with zero attached hydrogens (tertiary/aromatic N) is 1. The number of pyridine rings is 2. The molecule has 0 atom stereocenters. The third-order valence-electron chi connectivity index (χ3n) is 4.18. The van der Waals surface area contributed by atoms with Crippen LogP contribution in [0.1, 0.15) is 69.1 Å². The molecular formula is C21H23NO10. The molecule has 0 aliphatic heterocycles. The van der Waals surface area contributed by atoms with E-state index in [1.54, 1.807) is 0 Å². The summed E-state index contributed by atoms with van der Waals surface area (Å²) in [4.78, 5) is 63.1. The Hall–Kier alpha value is -3.89. The first-order chi connectivity index (χ1) is 15.2. The highest BCUT2D eigenvalue weighted by Crippen LogP contribution is 2.27. The van der Waals surface area contributed by atoms with Crippen molar-refractivity contribution in [2.45, 2.75) is 27.7 Å². The van der Waals surface area contributed by atoms with Gasteiger partial charge in [0, 0.05) is 0 Å². The van der Waals surface area contributed by atoms with E-state index in [0.29, 0.717) is 4.40 Å². The first-order valence-corrected chi connectivity index (χ1v) is 9.87. The van der Waals surface area contributed by atoms with E-state index in [9.17, 15) is 29.1 Å². The van der Waals surface area contributed by atoms with Crippen LogP contribution in [-0.4, -0.2) is 59.8 Å². The summed E-state index contributed by atoms with van der Waals surface area (Å²) in [6.45, 7) is 5.86. The fourth-order valence-electron chi connectivity index (χ4n) is 2.93. The molecule has 2 rings (SSSR count). The van der Waals surface area contributed by atoms with Crippen LogP contribution in [0.3, 0.4) is 0 Å². The topological polar surface area (TPSA) is 147 Å². The maximum absolute atomic E-state index is 13.1. The van der Waals surface area contributed by atoms with Gasteiger partial charge in [0.05, 0.1) is 43.1 Å². The first-order valence-electron chi connectivity index (χ1n) is 9.87. The lowest BCUT2D eigenvalue weighted by atomic mass is 10.0. The van der Waals surface area contributed by atoms with Crippen molar-refractivity contribution in [3.8, 4) is 5.88 Å². The van der Waals surface area contributed by atoms with Gasteiger partial charge >= 0.3 is 23.9 Å². The Labute approximate surface area is 182 Å². The molecule has 0 fully saturated rings. The summed E-state index contributed by atoms with van der Waals surface area (Å²) >= 11 is 0. The van der Waals surface area contributed by atoms with Crippen molar-refractivity contribution in [2.75, 3.05) is 26.4 Å². The van der Waals surface area contributed by atoms with Crippen LogP contribution < -0.4 is 5.56 Å². The molecule has 172 valence electrons. The SMILES string of the molecule is CCOC(=O)c1cc(C(=O)OCC)c2c(C(=O)OCC)cc(C(=O)OCC)c(=O)n2c1O. The number of carbonyl (C=O) groups is 4. The number of rotatable bonds is 8. The number of aromatic hydroxyl groups is 1. The fraction of sp³-hybridized carbons (Fsp3) is 0.381.